The van der Waals surface area contributed by atoms with E-state index in [9.17, 15) is 9.00 Å². The summed E-state index contributed by atoms with van der Waals surface area (Å²) in [7, 11) is -2.49. The van der Waals surface area contributed by atoms with E-state index in [-0.39, 0.29) is 11.3 Å². The van der Waals surface area contributed by atoms with E-state index in [0.717, 1.165) is 47.2 Å². The minimum Gasteiger partial charge on any atom is -0.328 e. The largest absolute Gasteiger partial charge is 0.328 e. The molecule has 0 aromatic carbocycles. The van der Waals surface area contributed by atoms with Crippen molar-refractivity contribution in [1.29, 1.82) is 4.78 Å². The van der Waals surface area contributed by atoms with Crippen molar-refractivity contribution in [1.82, 2.24) is 14.5 Å². The van der Waals surface area contributed by atoms with Gasteiger partial charge in [0.2, 0.25) is 5.91 Å². The summed E-state index contributed by atoms with van der Waals surface area (Å²) >= 11 is 6.17. The normalized spacial score (nSPS) is 18.5. The molecule has 4 heterocycles. The Morgan fingerprint density at radius 3 is 2.81 bits per heavy atom. The molecule has 7 nitrogen and oxygen atoms in total. The molecule has 31 heavy (non-hydrogen) atoms. The number of carbonyl (C=O) groups is 1. The fourth-order valence-corrected chi connectivity index (χ4v) is 5.54. The second-order valence-electron chi connectivity index (χ2n) is 8.64. The van der Waals surface area contributed by atoms with Crippen molar-refractivity contribution in [2.24, 2.45) is 0 Å². The molecular formula is C22H24ClN5O2S. The zero-order chi connectivity index (χ0) is 21.8. The van der Waals surface area contributed by atoms with Crippen LogP contribution in [0.15, 0.2) is 36.8 Å². The number of pyridine rings is 2. The van der Waals surface area contributed by atoms with E-state index in [1.807, 2.05) is 23.1 Å². The SMILES string of the molecule is CS(=N)(=O)CCCCn1c(CN2C(=O)C3(CC3)c3ccncc32)cc2cc(Cl)cnc21. The number of aryl methyl sites for hydroxylation is 1. The highest BCUT2D eigenvalue weighted by molar-refractivity contribution is 7.91. The number of anilines is 1. The predicted molar refractivity (Wildman–Crippen MR) is 122 cm³/mol. The van der Waals surface area contributed by atoms with Crippen LogP contribution in [-0.2, 0) is 33.0 Å². The summed E-state index contributed by atoms with van der Waals surface area (Å²) in [6.45, 7) is 1.12. The van der Waals surface area contributed by atoms with Gasteiger partial charge in [-0.15, -0.1) is 0 Å². The summed E-state index contributed by atoms with van der Waals surface area (Å²) in [5.41, 5.74) is 3.43. The van der Waals surface area contributed by atoms with E-state index in [1.54, 1.807) is 18.6 Å². The molecule has 1 saturated carbocycles. The van der Waals surface area contributed by atoms with Crippen molar-refractivity contribution in [3.8, 4) is 0 Å². The molecule has 2 aliphatic rings. The molecule has 1 fully saturated rings. The average Bonchev–Trinajstić information content (AvgIpc) is 3.41. The molecule has 0 radical (unpaired) electrons. The molecule has 1 atom stereocenters. The number of nitrogens with one attached hydrogen (secondary N) is 1. The molecule has 1 N–H and O–H groups in total. The van der Waals surface area contributed by atoms with Crippen LogP contribution >= 0.6 is 11.6 Å². The van der Waals surface area contributed by atoms with Gasteiger partial charge >= 0.3 is 0 Å². The van der Waals surface area contributed by atoms with Gasteiger partial charge in [0.1, 0.15) is 5.65 Å². The van der Waals surface area contributed by atoms with Gasteiger partial charge in [-0.05, 0) is 49.4 Å². The standard InChI is InChI=1S/C22H24ClN5O2S/c1-31(24,30)9-3-2-8-27-17(11-15-10-16(23)12-26-20(15)27)14-28-19-13-25-7-4-18(19)22(5-6-22)21(28)29/h4,7,10-13,24H,2-3,5-6,8-9,14H2,1H3. The zero-order valence-corrected chi connectivity index (χ0v) is 18.9. The molecule has 1 unspecified atom stereocenters. The number of aromatic nitrogens is 3. The van der Waals surface area contributed by atoms with E-state index in [2.05, 4.69) is 14.5 Å². The summed E-state index contributed by atoms with van der Waals surface area (Å²) in [5.74, 6) is 0.533. The monoisotopic (exact) mass is 457 g/mol. The number of hydrogen-bond acceptors (Lipinski definition) is 5. The lowest BCUT2D eigenvalue weighted by Gasteiger charge is -2.19. The van der Waals surface area contributed by atoms with Crippen molar-refractivity contribution >= 4 is 44.0 Å². The molecule has 1 aliphatic carbocycles. The molecular weight excluding hydrogens is 434 g/mol. The molecule has 3 aromatic rings. The highest BCUT2D eigenvalue weighted by atomic mass is 35.5. The van der Waals surface area contributed by atoms with E-state index in [4.69, 9.17) is 16.4 Å². The summed E-state index contributed by atoms with van der Waals surface area (Å²) in [6.07, 6.45) is 9.92. The van der Waals surface area contributed by atoms with E-state index in [1.165, 1.54) is 6.26 Å². The second kappa shape index (κ2) is 7.31. The first kappa shape index (κ1) is 20.5. The van der Waals surface area contributed by atoms with Crippen molar-refractivity contribution in [2.45, 2.75) is 44.2 Å². The third kappa shape index (κ3) is 3.61. The van der Waals surface area contributed by atoms with Crippen molar-refractivity contribution in [3.63, 3.8) is 0 Å². The predicted octanol–water partition coefficient (Wildman–Crippen LogP) is 4.12. The maximum Gasteiger partial charge on any atom is 0.238 e. The van der Waals surface area contributed by atoms with Crippen molar-refractivity contribution < 1.29 is 9.00 Å². The third-order valence-corrected chi connectivity index (χ3v) is 7.56. The second-order valence-corrected chi connectivity index (χ2v) is 11.5. The van der Waals surface area contributed by atoms with Crippen LogP contribution in [0.2, 0.25) is 5.02 Å². The Kier molecular flexibility index (Phi) is 4.82. The fraction of sp³-hybridized carbons (Fsp3) is 0.409. The Bertz CT molecular complexity index is 1300. The number of nitrogens with zero attached hydrogens (tertiary/aromatic N) is 4. The summed E-state index contributed by atoms with van der Waals surface area (Å²) in [6, 6.07) is 5.90. The van der Waals surface area contributed by atoms with Crippen molar-refractivity contribution in [3.05, 3.63) is 53.1 Å². The average molecular weight is 458 g/mol. The molecule has 0 bridgehead atoms. The number of hydrogen-bond donors (Lipinski definition) is 1. The van der Waals surface area contributed by atoms with Gasteiger partial charge in [-0.3, -0.25) is 18.8 Å². The fourth-order valence-electron chi connectivity index (χ4n) is 4.62. The molecule has 1 amide bonds. The molecule has 5 rings (SSSR count). The number of halogens is 1. The maximum atomic E-state index is 13.3. The first-order valence-corrected chi connectivity index (χ1v) is 12.9. The summed E-state index contributed by atoms with van der Waals surface area (Å²) in [4.78, 5) is 23.9. The number of unbranched alkanes of at least 4 members (excludes halogenated alkanes) is 1. The van der Waals surface area contributed by atoms with E-state index < -0.39 is 9.73 Å². The molecule has 1 spiro atoms. The molecule has 3 aromatic heterocycles. The maximum absolute atomic E-state index is 13.3. The van der Waals surface area contributed by atoms with Gasteiger partial charge in [0.25, 0.3) is 0 Å². The van der Waals surface area contributed by atoms with E-state index >= 15 is 0 Å². The van der Waals surface area contributed by atoms with Gasteiger partial charge < -0.3 is 9.47 Å². The van der Waals surface area contributed by atoms with Crippen LogP contribution in [0.5, 0.6) is 0 Å². The van der Waals surface area contributed by atoms with Gasteiger partial charge in [0.15, 0.2) is 0 Å². The number of rotatable bonds is 7. The highest BCUT2D eigenvalue weighted by Crippen LogP contribution is 2.57. The minimum atomic E-state index is -2.49. The third-order valence-electron chi connectivity index (χ3n) is 6.28. The lowest BCUT2D eigenvalue weighted by atomic mass is 9.99. The van der Waals surface area contributed by atoms with Crippen LogP contribution in [0, 0.1) is 4.78 Å². The van der Waals surface area contributed by atoms with Gasteiger partial charge in [-0.1, -0.05) is 11.6 Å². The minimum absolute atomic E-state index is 0.151. The first-order valence-electron chi connectivity index (χ1n) is 10.4. The van der Waals surface area contributed by atoms with Crippen LogP contribution in [0.25, 0.3) is 11.0 Å². The van der Waals surface area contributed by atoms with Gasteiger partial charge in [-0.2, -0.15) is 0 Å². The van der Waals surface area contributed by atoms with Gasteiger partial charge in [0, 0.05) is 51.8 Å². The van der Waals surface area contributed by atoms with Crippen LogP contribution < -0.4 is 4.90 Å². The van der Waals surface area contributed by atoms with Crippen LogP contribution in [0.1, 0.15) is 36.9 Å². The Balaban J connectivity index is 1.47. The molecule has 1 aliphatic heterocycles. The summed E-state index contributed by atoms with van der Waals surface area (Å²) < 4.78 is 21.4. The zero-order valence-electron chi connectivity index (χ0n) is 17.3. The quantitative estimate of drug-likeness (QED) is 0.540. The Morgan fingerprint density at radius 1 is 1.26 bits per heavy atom. The Hall–Kier alpha value is -2.45. The van der Waals surface area contributed by atoms with Gasteiger partial charge in [-0.25, -0.2) is 4.98 Å². The molecule has 0 saturated heterocycles. The number of carbonyl (C=O) groups excluding carboxylic acids is 1. The van der Waals surface area contributed by atoms with Gasteiger partial charge in [0.05, 0.1) is 28.9 Å². The lowest BCUT2D eigenvalue weighted by molar-refractivity contribution is -0.120. The number of fused-ring (bicyclic) bond motifs is 3. The van der Waals surface area contributed by atoms with Crippen molar-refractivity contribution in [2.75, 3.05) is 16.9 Å². The first-order chi connectivity index (χ1) is 14.8. The van der Waals surface area contributed by atoms with Crippen LogP contribution in [0.3, 0.4) is 0 Å². The Morgan fingerprint density at radius 2 is 2.06 bits per heavy atom. The number of amides is 1. The van der Waals surface area contributed by atoms with Crippen LogP contribution in [-0.4, -0.2) is 36.7 Å². The smallest absolute Gasteiger partial charge is 0.238 e. The lowest BCUT2D eigenvalue weighted by Crippen LogP contribution is -2.32. The van der Waals surface area contributed by atoms with E-state index in [0.29, 0.717) is 30.3 Å². The summed E-state index contributed by atoms with van der Waals surface area (Å²) in [5, 5.41) is 1.50. The van der Waals surface area contributed by atoms with Crippen LogP contribution in [0.4, 0.5) is 5.69 Å². The highest BCUT2D eigenvalue weighted by Gasteiger charge is 2.59. The molecule has 162 valence electrons. The molecule has 9 heteroatoms. The topological polar surface area (TPSA) is 91.9 Å². The Labute approximate surface area is 186 Å².